The number of aromatic amines is 1. The molecule has 0 aliphatic carbocycles. The van der Waals surface area contributed by atoms with Crippen LogP contribution in [0.15, 0.2) is 36.4 Å². The molecule has 0 radical (unpaired) electrons. The molecule has 3 aromatic rings. The molecule has 0 bridgehead atoms. The van der Waals surface area contributed by atoms with Crippen LogP contribution in [0, 0.1) is 4.77 Å². The van der Waals surface area contributed by atoms with Crippen LogP contribution in [-0.4, -0.2) is 31.3 Å². The van der Waals surface area contributed by atoms with Gasteiger partial charge in [-0.05, 0) is 65.6 Å². The minimum Gasteiger partial charge on any atom is -0.507 e. The number of nitrogens with zero attached hydrogens (tertiary/aromatic N) is 3. The van der Waals surface area contributed by atoms with Crippen LogP contribution < -0.4 is 0 Å². The summed E-state index contributed by atoms with van der Waals surface area (Å²) in [6, 6.07) is 12.1. The number of fused-ring (bicyclic) bond motifs is 1. The minimum atomic E-state index is 0.202. The lowest BCUT2D eigenvalue weighted by Crippen LogP contribution is -2.14. The fourth-order valence-corrected chi connectivity index (χ4v) is 3.86. The summed E-state index contributed by atoms with van der Waals surface area (Å²) in [6.45, 7) is 9.43. The fourth-order valence-electron chi connectivity index (χ4n) is 3.62. The molecule has 5 nitrogen and oxygen atoms in total. The highest BCUT2D eigenvalue weighted by Gasteiger charge is 2.20. The smallest absolute Gasteiger partial charge is 0.200 e. The van der Waals surface area contributed by atoms with Gasteiger partial charge in [-0.1, -0.05) is 32.9 Å². The lowest BCUT2D eigenvalue weighted by Gasteiger charge is -2.12. The van der Waals surface area contributed by atoms with E-state index in [1.807, 2.05) is 16.7 Å². The summed E-state index contributed by atoms with van der Waals surface area (Å²) in [5.74, 6) is 1.19. The van der Waals surface area contributed by atoms with Crippen molar-refractivity contribution in [1.82, 2.24) is 19.7 Å². The molecule has 6 heteroatoms. The second kappa shape index (κ2) is 6.94. The molecule has 27 heavy (non-hydrogen) atoms. The molecule has 0 unspecified atom stereocenters. The summed E-state index contributed by atoms with van der Waals surface area (Å²) in [4.78, 5) is 2.40. The lowest BCUT2D eigenvalue weighted by atomic mass is 10.00. The lowest BCUT2D eigenvalue weighted by molar-refractivity contribution is 0.301. The Morgan fingerprint density at radius 1 is 1.15 bits per heavy atom. The van der Waals surface area contributed by atoms with Gasteiger partial charge in [0, 0.05) is 13.1 Å². The van der Waals surface area contributed by atoms with Gasteiger partial charge in [-0.2, -0.15) is 5.10 Å². The van der Waals surface area contributed by atoms with Crippen LogP contribution in [-0.2, 0) is 13.1 Å². The van der Waals surface area contributed by atoms with E-state index in [1.165, 1.54) is 11.1 Å². The number of phenols is 1. The number of hydrogen-bond donors (Lipinski definition) is 2. The zero-order valence-corrected chi connectivity index (χ0v) is 16.7. The molecule has 2 heterocycles. The summed E-state index contributed by atoms with van der Waals surface area (Å²) in [5.41, 5.74) is 5.49. The van der Waals surface area contributed by atoms with Gasteiger partial charge in [0.25, 0.3) is 0 Å². The van der Waals surface area contributed by atoms with Crippen molar-refractivity contribution in [2.24, 2.45) is 0 Å². The van der Waals surface area contributed by atoms with Gasteiger partial charge in [0.1, 0.15) is 5.75 Å². The largest absolute Gasteiger partial charge is 0.507 e. The van der Waals surface area contributed by atoms with Crippen molar-refractivity contribution in [3.05, 3.63) is 57.9 Å². The number of nitrogens with one attached hydrogen (secondary N) is 1. The molecule has 0 amide bonds. The third kappa shape index (κ3) is 3.19. The molecule has 0 fully saturated rings. The zero-order chi connectivity index (χ0) is 19.1. The predicted octanol–water partition coefficient (Wildman–Crippen LogP) is 4.76. The molecule has 0 atom stereocenters. The maximum Gasteiger partial charge on any atom is 0.200 e. The molecule has 1 aromatic heterocycles. The Labute approximate surface area is 164 Å². The van der Waals surface area contributed by atoms with E-state index in [0.29, 0.717) is 22.1 Å². The number of benzene rings is 2. The van der Waals surface area contributed by atoms with E-state index >= 15 is 0 Å². The molecule has 140 valence electrons. The third-order valence-electron chi connectivity index (χ3n) is 5.28. The van der Waals surface area contributed by atoms with E-state index in [1.54, 1.807) is 6.07 Å². The molecule has 4 rings (SSSR count). The normalized spacial score (nSPS) is 14.1. The second-order valence-electron chi connectivity index (χ2n) is 7.38. The van der Waals surface area contributed by atoms with Crippen LogP contribution in [0.3, 0.4) is 0 Å². The van der Waals surface area contributed by atoms with Gasteiger partial charge in [-0.15, -0.1) is 0 Å². The fraction of sp³-hybridized carbons (Fsp3) is 0.333. The second-order valence-corrected chi connectivity index (χ2v) is 7.76. The Morgan fingerprint density at radius 2 is 1.93 bits per heavy atom. The highest BCUT2D eigenvalue weighted by molar-refractivity contribution is 7.71. The van der Waals surface area contributed by atoms with Crippen LogP contribution in [0.2, 0.25) is 0 Å². The van der Waals surface area contributed by atoms with Crippen molar-refractivity contribution in [1.29, 1.82) is 0 Å². The van der Waals surface area contributed by atoms with Gasteiger partial charge in [0.2, 0.25) is 0 Å². The predicted molar refractivity (Wildman–Crippen MR) is 110 cm³/mol. The SMILES string of the molecule is CCN1Cc2ccc(-n3c(-c4cc(C(C)C)ccc4O)n[nH]c3=S)cc2C1. The number of aromatic nitrogens is 3. The highest BCUT2D eigenvalue weighted by Crippen LogP contribution is 2.33. The Bertz CT molecular complexity index is 1050. The van der Waals surface area contributed by atoms with Crippen molar-refractivity contribution >= 4 is 12.2 Å². The Balaban J connectivity index is 1.83. The van der Waals surface area contributed by atoms with E-state index < -0.39 is 0 Å². The first-order valence-corrected chi connectivity index (χ1v) is 9.74. The first kappa shape index (κ1) is 17.9. The molecule has 2 N–H and O–H groups in total. The Kier molecular flexibility index (Phi) is 4.61. The summed E-state index contributed by atoms with van der Waals surface area (Å²) in [5, 5.41) is 17.8. The van der Waals surface area contributed by atoms with E-state index in [2.05, 4.69) is 54.1 Å². The topological polar surface area (TPSA) is 57.1 Å². The summed E-state index contributed by atoms with van der Waals surface area (Å²) in [6.07, 6.45) is 0. The molecular weight excluding hydrogens is 356 g/mol. The average molecular weight is 381 g/mol. The van der Waals surface area contributed by atoms with Crippen LogP contribution in [0.4, 0.5) is 0 Å². The molecule has 2 aromatic carbocycles. The summed E-state index contributed by atoms with van der Waals surface area (Å²) >= 11 is 5.51. The average Bonchev–Trinajstić information content (AvgIpc) is 3.24. The number of aromatic hydroxyl groups is 1. The van der Waals surface area contributed by atoms with E-state index in [4.69, 9.17) is 12.2 Å². The van der Waals surface area contributed by atoms with Crippen LogP contribution in [0.1, 0.15) is 43.4 Å². The van der Waals surface area contributed by atoms with Gasteiger partial charge < -0.3 is 5.11 Å². The van der Waals surface area contributed by atoms with Crippen LogP contribution >= 0.6 is 12.2 Å². The van der Waals surface area contributed by atoms with E-state index in [9.17, 15) is 5.11 Å². The van der Waals surface area contributed by atoms with Crippen molar-refractivity contribution in [3.8, 4) is 22.8 Å². The van der Waals surface area contributed by atoms with Gasteiger partial charge in [-0.25, -0.2) is 0 Å². The van der Waals surface area contributed by atoms with Gasteiger partial charge >= 0.3 is 0 Å². The monoisotopic (exact) mass is 380 g/mol. The first-order valence-electron chi connectivity index (χ1n) is 9.33. The number of rotatable bonds is 4. The van der Waals surface area contributed by atoms with E-state index in [0.717, 1.165) is 30.9 Å². The minimum absolute atomic E-state index is 0.202. The molecule has 1 aliphatic heterocycles. The first-order chi connectivity index (χ1) is 13.0. The van der Waals surface area contributed by atoms with Crippen LogP contribution in [0.5, 0.6) is 5.75 Å². The Hall–Kier alpha value is -2.44. The molecule has 1 aliphatic rings. The maximum absolute atomic E-state index is 10.5. The van der Waals surface area contributed by atoms with Crippen molar-refractivity contribution < 1.29 is 5.11 Å². The van der Waals surface area contributed by atoms with Crippen molar-refractivity contribution in [2.75, 3.05) is 6.54 Å². The van der Waals surface area contributed by atoms with Crippen LogP contribution in [0.25, 0.3) is 17.1 Å². The highest BCUT2D eigenvalue weighted by atomic mass is 32.1. The van der Waals surface area contributed by atoms with Gasteiger partial charge in [0.05, 0.1) is 11.3 Å². The molecule has 0 spiro atoms. The standard InChI is InChI=1S/C21H24N4OS/c1-4-24-11-15-5-7-17(9-16(15)12-24)25-20(22-23-21(25)27)18-10-14(13(2)3)6-8-19(18)26/h5-10,13,26H,4,11-12H2,1-3H3,(H,23,27). The summed E-state index contributed by atoms with van der Waals surface area (Å²) < 4.78 is 2.42. The van der Waals surface area contributed by atoms with Gasteiger partial charge in [0.15, 0.2) is 10.6 Å². The molecule has 0 saturated carbocycles. The molecular formula is C21H24N4OS. The van der Waals surface area contributed by atoms with Crippen molar-refractivity contribution in [2.45, 2.75) is 39.8 Å². The zero-order valence-electron chi connectivity index (χ0n) is 15.9. The Morgan fingerprint density at radius 3 is 2.67 bits per heavy atom. The third-order valence-corrected chi connectivity index (χ3v) is 5.56. The molecule has 0 saturated heterocycles. The maximum atomic E-state index is 10.5. The van der Waals surface area contributed by atoms with Crippen molar-refractivity contribution in [3.63, 3.8) is 0 Å². The quantitative estimate of drug-likeness (QED) is 0.641. The summed E-state index contributed by atoms with van der Waals surface area (Å²) in [7, 11) is 0. The van der Waals surface area contributed by atoms with E-state index in [-0.39, 0.29) is 5.75 Å². The van der Waals surface area contributed by atoms with Gasteiger partial charge in [-0.3, -0.25) is 14.6 Å². The number of phenolic OH excluding ortho intramolecular Hbond substituents is 1. The number of H-pyrrole nitrogens is 1. The number of hydrogen-bond acceptors (Lipinski definition) is 4.